The summed E-state index contributed by atoms with van der Waals surface area (Å²) in [5, 5.41) is 3.79. The molecule has 1 fully saturated rings. The van der Waals surface area contributed by atoms with Crippen LogP contribution < -0.4 is 5.32 Å². The number of carbonyl (C=O) groups excluding carboxylic acids is 1. The SMILES string of the molecule is COC(=O)c1ccccc1NC(=S)N1CCC(c2nc3ccccc3o2)CC1. The molecule has 4 rings (SSSR count). The summed E-state index contributed by atoms with van der Waals surface area (Å²) in [7, 11) is 1.37. The highest BCUT2D eigenvalue weighted by Crippen LogP contribution is 2.30. The predicted molar refractivity (Wildman–Crippen MR) is 112 cm³/mol. The van der Waals surface area contributed by atoms with E-state index < -0.39 is 0 Å². The molecular formula is C21H21N3O3S. The van der Waals surface area contributed by atoms with Crippen LogP contribution in [0.25, 0.3) is 11.1 Å². The van der Waals surface area contributed by atoms with Crippen molar-refractivity contribution in [1.82, 2.24) is 9.88 Å². The van der Waals surface area contributed by atoms with Crippen molar-refractivity contribution in [3.8, 4) is 0 Å². The zero-order valence-electron chi connectivity index (χ0n) is 15.6. The number of methoxy groups -OCH3 is 1. The monoisotopic (exact) mass is 395 g/mol. The summed E-state index contributed by atoms with van der Waals surface area (Å²) in [6.45, 7) is 1.60. The molecule has 6 nitrogen and oxygen atoms in total. The Morgan fingerprint density at radius 2 is 1.89 bits per heavy atom. The van der Waals surface area contributed by atoms with E-state index in [-0.39, 0.29) is 11.9 Å². The second-order valence-electron chi connectivity index (χ2n) is 6.75. The van der Waals surface area contributed by atoms with Gasteiger partial charge in [-0.05, 0) is 49.3 Å². The molecule has 1 aliphatic rings. The number of nitrogens with zero attached hydrogens (tertiary/aromatic N) is 2. The molecule has 0 spiro atoms. The van der Waals surface area contributed by atoms with Gasteiger partial charge in [0.15, 0.2) is 16.6 Å². The zero-order valence-corrected chi connectivity index (χ0v) is 16.4. The number of hydrogen-bond donors (Lipinski definition) is 1. The number of piperidine rings is 1. The lowest BCUT2D eigenvalue weighted by Crippen LogP contribution is -2.40. The van der Waals surface area contributed by atoms with Crippen LogP contribution in [0.1, 0.15) is 35.0 Å². The van der Waals surface area contributed by atoms with Crippen LogP contribution in [0.2, 0.25) is 0 Å². The second kappa shape index (κ2) is 7.98. The number of nitrogens with one attached hydrogen (secondary N) is 1. The van der Waals surface area contributed by atoms with Crippen molar-refractivity contribution >= 4 is 40.1 Å². The van der Waals surface area contributed by atoms with Gasteiger partial charge in [-0.1, -0.05) is 24.3 Å². The topological polar surface area (TPSA) is 67.6 Å². The molecule has 0 atom stereocenters. The first-order valence-electron chi connectivity index (χ1n) is 9.24. The number of benzene rings is 2. The number of oxazole rings is 1. The maximum absolute atomic E-state index is 11.9. The Morgan fingerprint density at radius 1 is 1.18 bits per heavy atom. The fraction of sp³-hybridized carbons (Fsp3) is 0.286. The van der Waals surface area contributed by atoms with E-state index in [2.05, 4.69) is 15.2 Å². The molecule has 1 saturated heterocycles. The van der Waals surface area contributed by atoms with E-state index in [0.717, 1.165) is 42.9 Å². The van der Waals surface area contributed by atoms with Gasteiger partial charge in [-0.25, -0.2) is 9.78 Å². The smallest absolute Gasteiger partial charge is 0.339 e. The van der Waals surface area contributed by atoms with Crippen LogP contribution in [0.5, 0.6) is 0 Å². The molecule has 3 aromatic rings. The molecule has 0 amide bonds. The molecule has 144 valence electrons. The van der Waals surface area contributed by atoms with Gasteiger partial charge in [0, 0.05) is 19.0 Å². The van der Waals surface area contributed by atoms with Crippen molar-refractivity contribution in [1.29, 1.82) is 0 Å². The first-order chi connectivity index (χ1) is 13.7. The Hall–Kier alpha value is -2.93. The number of para-hydroxylation sites is 3. The molecule has 0 radical (unpaired) electrons. The fourth-order valence-electron chi connectivity index (χ4n) is 3.47. The van der Waals surface area contributed by atoms with Crippen LogP contribution in [-0.4, -0.2) is 41.2 Å². The van der Waals surface area contributed by atoms with Crippen molar-refractivity contribution in [2.45, 2.75) is 18.8 Å². The van der Waals surface area contributed by atoms with E-state index in [1.165, 1.54) is 7.11 Å². The number of likely N-dealkylation sites (tertiary alicyclic amines) is 1. The van der Waals surface area contributed by atoms with Gasteiger partial charge < -0.3 is 19.4 Å². The summed E-state index contributed by atoms with van der Waals surface area (Å²) >= 11 is 5.57. The number of ether oxygens (including phenoxy) is 1. The molecule has 0 bridgehead atoms. The van der Waals surface area contributed by atoms with Crippen LogP contribution in [0, 0.1) is 0 Å². The van der Waals surface area contributed by atoms with E-state index in [4.69, 9.17) is 21.4 Å². The number of aromatic nitrogens is 1. The van der Waals surface area contributed by atoms with Crippen LogP contribution in [0.3, 0.4) is 0 Å². The predicted octanol–water partition coefficient (Wildman–Crippen LogP) is 4.19. The molecule has 2 heterocycles. The van der Waals surface area contributed by atoms with Crippen LogP contribution in [0.4, 0.5) is 5.69 Å². The number of thiocarbonyl (C=S) groups is 1. The van der Waals surface area contributed by atoms with Gasteiger partial charge in [0.05, 0.1) is 18.4 Å². The Bertz CT molecular complexity index is 976. The third kappa shape index (κ3) is 3.71. The quantitative estimate of drug-likeness (QED) is 0.527. The fourth-order valence-corrected chi connectivity index (χ4v) is 3.76. The number of hydrogen-bond acceptors (Lipinski definition) is 5. The maximum Gasteiger partial charge on any atom is 0.339 e. The van der Waals surface area contributed by atoms with Gasteiger partial charge in [-0.3, -0.25) is 0 Å². The molecule has 7 heteroatoms. The number of rotatable bonds is 3. The lowest BCUT2D eigenvalue weighted by atomic mass is 9.97. The first kappa shape index (κ1) is 18.4. The Balaban J connectivity index is 1.40. The normalized spacial score (nSPS) is 14.8. The van der Waals surface area contributed by atoms with Gasteiger partial charge >= 0.3 is 5.97 Å². The third-order valence-electron chi connectivity index (χ3n) is 5.02. The first-order valence-corrected chi connectivity index (χ1v) is 9.65. The van der Waals surface area contributed by atoms with E-state index in [0.29, 0.717) is 16.4 Å². The summed E-state index contributed by atoms with van der Waals surface area (Å²) in [6, 6.07) is 15.0. The van der Waals surface area contributed by atoms with E-state index >= 15 is 0 Å². The van der Waals surface area contributed by atoms with Gasteiger partial charge in [0.25, 0.3) is 0 Å². The lowest BCUT2D eigenvalue weighted by Gasteiger charge is -2.32. The average Bonchev–Trinajstić information content (AvgIpc) is 3.18. The molecule has 1 N–H and O–H groups in total. The molecule has 28 heavy (non-hydrogen) atoms. The standard InChI is InChI=1S/C21H21N3O3S/c1-26-20(25)15-6-2-3-7-16(15)23-21(28)24-12-10-14(11-13-24)19-22-17-8-4-5-9-18(17)27-19/h2-9,14H,10-13H2,1H3,(H,23,28). The molecule has 1 aromatic heterocycles. The van der Waals surface area contributed by atoms with Crippen molar-refractivity contribution in [3.63, 3.8) is 0 Å². The van der Waals surface area contributed by atoms with Crippen LogP contribution >= 0.6 is 12.2 Å². The van der Waals surface area contributed by atoms with Gasteiger partial charge in [0.1, 0.15) is 5.52 Å². The number of anilines is 1. The average molecular weight is 395 g/mol. The molecule has 0 aliphatic carbocycles. The summed E-state index contributed by atoms with van der Waals surface area (Å²) in [5.41, 5.74) is 2.85. The van der Waals surface area contributed by atoms with Crippen molar-refractivity contribution < 1.29 is 13.9 Å². The lowest BCUT2D eigenvalue weighted by molar-refractivity contribution is 0.0602. The zero-order chi connectivity index (χ0) is 19.5. The van der Waals surface area contributed by atoms with E-state index in [9.17, 15) is 4.79 Å². The Morgan fingerprint density at radius 3 is 2.64 bits per heavy atom. The number of esters is 1. The molecular weight excluding hydrogens is 374 g/mol. The Labute approximate surface area is 168 Å². The van der Waals surface area contributed by atoms with Crippen molar-refractivity contribution in [2.24, 2.45) is 0 Å². The summed E-state index contributed by atoms with van der Waals surface area (Å²) in [4.78, 5) is 18.7. The van der Waals surface area contributed by atoms with E-state index in [1.807, 2.05) is 36.4 Å². The second-order valence-corrected chi connectivity index (χ2v) is 7.14. The minimum absolute atomic E-state index is 0.286. The summed E-state index contributed by atoms with van der Waals surface area (Å²) in [6.07, 6.45) is 1.82. The third-order valence-corrected chi connectivity index (χ3v) is 5.38. The van der Waals surface area contributed by atoms with Crippen LogP contribution in [0.15, 0.2) is 52.9 Å². The van der Waals surface area contributed by atoms with Crippen LogP contribution in [-0.2, 0) is 4.74 Å². The van der Waals surface area contributed by atoms with Gasteiger partial charge in [-0.15, -0.1) is 0 Å². The minimum Gasteiger partial charge on any atom is -0.465 e. The van der Waals surface area contributed by atoms with Crippen molar-refractivity contribution in [2.75, 3.05) is 25.5 Å². The van der Waals surface area contributed by atoms with Gasteiger partial charge in [-0.2, -0.15) is 0 Å². The molecule has 2 aromatic carbocycles. The highest BCUT2D eigenvalue weighted by atomic mass is 32.1. The largest absolute Gasteiger partial charge is 0.465 e. The number of fused-ring (bicyclic) bond motifs is 1. The minimum atomic E-state index is -0.388. The van der Waals surface area contributed by atoms with Gasteiger partial charge in [0.2, 0.25) is 0 Å². The molecule has 0 saturated carbocycles. The van der Waals surface area contributed by atoms with Crippen molar-refractivity contribution in [3.05, 3.63) is 60.0 Å². The Kier molecular flexibility index (Phi) is 5.25. The highest BCUT2D eigenvalue weighted by molar-refractivity contribution is 7.80. The maximum atomic E-state index is 11.9. The highest BCUT2D eigenvalue weighted by Gasteiger charge is 2.26. The summed E-state index contributed by atoms with van der Waals surface area (Å²) in [5.74, 6) is 0.699. The number of carbonyl (C=O) groups is 1. The summed E-state index contributed by atoms with van der Waals surface area (Å²) < 4.78 is 10.8. The molecule has 0 unspecified atom stereocenters. The van der Waals surface area contributed by atoms with E-state index in [1.54, 1.807) is 12.1 Å². The molecule has 1 aliphatic heterocycles.